The van der Waals surface area contributed by atoms with Gasteiger partial charge in [-0.2, -0.15) is 0 Å². The zero-order chi connectivity index (χ0) is 33.2. The Balaban J connectivity index is 1.27. The molecule has 47 heavy (non-hydrogen) atoms. The number of thiazole rings is 1. The minimum Gasteiger partial charge on any atom is -0.496 e. The second-order valence-corrected chi connectivity index (χ2v) is 12.7. The van der Waals surface area contributed by atoms with Gasteiger partial charge in [0.25, 0.3) is 11.8 Å². The summed E-state index contributed by atoms with van der Waals surface area (Å²) in [6, 6.07) is 30.4. The number of carbonyl (C=O) groups excluding carboxylic acids is 3. The minimum absolute atomic E-state index is 0.0565. The maximum Gasteiger partial charge on any atom is 0.272 e. The number of aromatic nitrogens is 1. The molecular formula is C36H31ClN4O4S2. The number of nitrogens with one attached hydrogen (secondary N) is 3. The van der Waals surface area contributed by atoms with E-state index in [0.717, 1.165) is 16.2 Å². The van der Waals surface area contributed by atoms with Crippen molar-refractivity contribution >= 4 is 69.3 Å². The van der Waals surface area contributed by atoms with Gasteiger partial charge in [0.2, 0.25) is 5.91 Å². The van der Waals surface area contributed by atoms with Crippen LogP contribution < -0.4 is 20.7 Å². The summed E-state index contributed by atoms with van der Waals surface area (Å²) in [7, 11) is 1.61. The number of benzene rings is 4. The van der Waals surface area contributed by atoms with Crippen LogP contribution in [-0.2, 0) is 9.59 Å². The molecule has 5 rings (SSSR count). The van der Waals surface area contributed by atoms with E-state index in [0.29, 0.717) is 39.1 Å². The van der Waals surface area contributed by atoms with Gasteiger partial charge in [0.15, 0.2) is 5.13 Å². The molecule has 4 aromatic carbocycles. The zero-order valence-corrected chi connectivity index (χ0v) is 27.9. The van der Waals surface area contributed by atoms with E-state index < -0.39 is 17.1 Å². The van der Waals surface area contributed by atoms with Crippen LogP contribution in [0.25, 0.3) is 17.3 Å². The summed E-state index contributed by atoms with van der Waals surface area (Å²) >= 11 is 8.76. The summed E-state index contributed by atoms with van der Waals surface area (Å²) in [5.41, 5.74) is 3.23. The lowest BCUT2D eigenvalue weighted by molar-refractivity contribution is -0.116. The summed E-state index contributed by atoms with van der Waals surface area (Å²) in [6.07, 6.45) is 2.15. The topological polar surface area (TPSA) is 109 Å². The fourth-order valence-electron chi connectivity index (χ4n) is 4.50. The molecular weight excluding hydrogens is 652 g/mol. The Morgan fingerprint density at radius 1 is 0.936 bits per heavy atom. The number of amides is 3. The van der Waals surface area contributed by atoms with Gasteiger partial charge in [-0.15, -0.1) is 23.1 Å². The van der Waals surface area contributed by atoms with E-state index in [1.807, 2.05) is 48.7 Å². The number of rotatable bonds is 12. The summed E-state index contributed by atoms with van der Waals surface area (Å²) in [6.45, 7) is 1.94. The molecule has 8 nitrogen and oxygen atoms in total. The van der Waals surface area contributed by atoms with Crippen LogP contribution in [0.1, 0.15) is 29.3 Å². The molecule has 1 aromatic heterocycles. The van der Waals surface area contributed by atoms with E-state index in [2.05, 4.69) is 20.9 Å². The smallest absolute Gasteiger partial charge is 0.272 e. The maximum absolute atomic E-state index is 13.5. The van der Waals surface area contributed by atoms with Crippen molar-refractivity contribution in [3.63, 3.8) is 0 Å². The van der Waals surface area contributed by atoms with Crippen molar-refractivity contribution in [3.8, 4) is 17.0 Å². The Kier molecular flexibility index (Phi) is 11.5. The van der Waals surface area contributed by atoms with E-state index >= 15 is 0 Å². The van der Waals surface area contributed by atoms with Crippen molar-refractivity contribution in [2.24, 2.45) is 0 Å². The minimum atomic E-state index is -0.509. The SMILES string of the molecule is CCC(Sc1cccc(NC(=O)/C(=C/c2ccc(Cl)cc2)NC(=O)c2ccccc2)c1)C(=O)Nc1nc(-c2ccccc2OC)cs1. The highest BCUT2D eigenvalue weighted by molar-refractivity contribution is 8.00. The maximum atomic E-state index is 13.5. The monoisotopic (exact) mass is 682 g/mol. The molecule has 1 heterocycles. The first-order valence-corrected chi connectivity index (χ1v) is 16.8. The molecule has 0 saturated heterocycles. The standard InChI is InChI=1S/C36H31ClN4O4S2/c1-3-32(35(44)41-36-40-30(22-46-36)28-14-7-8-15-31(28)45-2)47-27-13-9-12-26(21-27)38-34(43)29(20-23-16-18-25(37)19-17-23)39-33(42)24-10-5-4-6-11-24/h4-22,32H,3H2,1-2H3,(H,38,43)(H,39,42)(H,40,41,44)/b29-20-. The number of anilines is 2. The first kappa shape index (κ1) is 33.5. The number of hydrogen-bond acceptors (Lipinski definition) is 7. The average molecular weight is 683 g/mol. The highest BCUT2D eigenvalue weighted by Gasteiger charge is 2.21. The molecule has 3 N–H and O–H groups in total. The van der Waals surface area contributed by atoms with Crippen molar-refractivity contribution in [2.45, 2.75) is 23.5 Å². The average Bonchev–Trinajstić information content (AvgIpc) is 3.56. The highest BCUT2D eigenvalue weighted by atomic mass is 35.5. The van der Waals surface area contributed by atoms with Gasteiger partial charge in [-0.1, -0.05) is 67.1 Å². The van der Waals surface area contributed by atoms with E-state index in [9.17, 15) is 14.4 Å². The molecule has 1 unspecified atom stereocenters. The predicted octanol–water partition coefficient (Wildman–Crippen LogP) is 8.39. The number of carbonyl (C=O) groups is 3. The van der Waals surface area contributed by atoms with Crippen LogP contribution in [0.2, 0.25) is 5.02 Å². The Morgan fingerprint density at radius 2 is 1.68 bits per heavy atom. The van der Waals surface area contributed by atoms with E-state index in [-0.39, 0.29) is 11.6 Å². The fourth-order valence-corrected chi connectivity index (χ4v) is 6.35. The number of para-hydroxylation sites is 1. The lowest BCUT2D eigenvalue weighted by Gasteiger charge is -2.15. The Labute approximate surface area is 286 Å². The Hall–Kier alpha value is -4.90. The van der Waals surface area contributed by atoms with Gasteiger partial charge < -0.3 is 20.7 Å². The molecule has 11 heteroatoms. The Morgan fingerprint density at radius 3 is 2.43 bits per heavy atom. The summed E-state index contributed by atoms with van der Waals surface area (Å²) in [4.78, 5) is 45.1. The van der Waals surface area contributed by atoms with E-state index in [1.54, 1.807) is 79.9 Å². The second kappa shape index (κ2) is 16.1. The van der Waals surface area contributed by atoms with Gasteiger partial charge in [0, 0.05) is 32.1 Å². The van der Waals surface area contributed by atoms with Gasteiger partial charge in [0.05, 0.1) is 18.1 Å². The second-order valence-electron chi connectivity index (χ2n) is 10.2. The molecule has 0 fully saturated rings. The largest absolute Gasteiger partial charge is 0.496 e. The summed E-state index contributed by atoms with van der Waals surface area (Å²) in [5, 5.41) is 11.1. The molecule has 3 amide bonds. The predicted molar refractivity (Wildman–Crippen MR) is 191 cm³/mol. The van der Waals surface area contributed by atoms with Crippen molar-refractivity contribution in [1.29, 1.82) is 0 Å². The van der Waals surface area contributed by atoms with Crippen LogP contribution in [0.5, 0.6) is 5.75 Å². The van der Waals surface area contributed by atoms with Gasteiger partial charge in [-0.25, -0.2) is 4.98 Å². The quantitative estimate of drug-likeness (QED) is 0.0901. The fraction of sp³-hybridized carbons (Fsp3) is 0.111. The number of hydrogen-bond donors (Lipinski definition) is 3. The highest BCUT2D eigenvalue weighted by Crippen LogP contribution is 2.33. The first-order chi connectivity index (χ1) is 22.8. The van der Waals surface area contributed by atoms with Crippen molar-refractivity contribution in [2.75, 3.05) is 17.7 Å². The van der Waals surface area contributed by atoms with Crippen LogP contribution in [0.15, 0.2) is 119 Å². The van der Waals surface area contributed by atoms with Gasteiger partial charge in [-0.05, 0) is 72.7 Å². The molecule has 238 valence electrons. The normalized spacial score (nSPS) is 11.8. The third-order valence-corrected chi connectivity index (χ3v) is 9.23. The van der Waals surface area contributed by atoms with Crippen molar-refractivity contribution < 1.29 is 19.1 Å². The molecule has 0 aliphatic carbocycles. The van der Waals surface area contributed by atoms with Gasteiger partial charge in [-0.3, -0.25) is 14.4 Å². The number of methoxy groups -OCH3 is 1. The van der Waals surface area contributed by atoms with Gasteiger partial charge in [0.1, 0.15) is 11.4 Å². The lowest BCUT2D eigenvalue weighted by atomic mass is 10.1. The van der Waals surface area contributed by atoms with E-state index in [1.165, 1.54) is 23.1 Å². The van der Waals surface area contributed by atoms with Crippen LogP contribution in [0, 0.1) is 0 Å². The van der Waals surface area contributed by atoms with Gasteiger partial charge >= 0.3 is 0 Å². The molecule has 0 spiro atoms. The lowest BCUT2D eigenvalue weighted by Crippen LogP contribution is -2.30. The third kappa shape index (κ3) is 9.10. The van der Waals surface area contributed by atoms with Crippen LogP contribution in [-0.4, -0.2) is 35.1 Å². The summed E-state index contributed by atoms with van der Waals surface area (Å²) in [5.74, 6) is -0.399. The number of ether oxygens (including phenoxy) is 1. The van der Waals surface area contributed by atoms with Crippen LogP contribution >= 0.6 is 34.7 Å². The first-order valence-electron chi connectivity index (χ1n) is 14.6. The molecule has 0 aliphatic rings. The molecule has 1 atom stereocenters. The van der Waals surface area contributed by atoms with Crippen LogP contribution in [0.3, 0.4) is 0 Å². The molecule has 0 saturated carbocycles. The third-order valence-electron chi connectivity index (χ3n) is 6.86. The number of halogens is 1. The molecule has 0 bridgehead atoms. The van der Waals surface area contributed by atoms with Crippen molar-refractivity contribution in [3.05, 3.63) is 130 Å². The molecule has 0 aliphatic heterocycles. The van der Waals surface area contributed by atoms with Crippen molar-refractivity contribution in [1.82, 2.24) is 10.3 Å². The molecule has 5 aromatic rings. The van der Waals surface area contributed by atoms with E-state index in [4.69, 9.17) is 16.3 Å². The number of nitrogens with zero attached hydrogens (tertiary/aromatic N) is 1. The number of thioether (sulfide) groups is 1. The zero-order valence-electron chi connectivity index (χ0n) is 25.5. The Bertz CT molecular complexity index is 1890. The summed E-state index contributed by atoms with van der Waals surface area (Å²) < 4.78 is 5.45. The molecule has 0 radical (unpaired) electrons. The van der Waals surface area contributed by atoms with Crippen LogP contribution in [0.4, 0.5) is 10.8 Å².